The Bertz CT molecular complexity index is 1490. The van der Waals surface area contributed by atoms with Gasteiger partial charge in [0.15, 0.2) is 5.78 Å². The zero-order chi connectivity index (χ0) is 33.6. The van der Waals surface area contributed by atoms with Crippen molar-refractivity contribution >= 4 is 28.7 Å². The molecule has 5 rings (SSSR count). The molecule has 11 heteroatoms. The number of nitrogens with zero attached hydrogens (tertiary/aromatic N) is 2. The second-order valence-electron chi connectivity index (χ2n) is 14.6. The van der Waals surface area contributed by atoms with Crippen LogP contribution in [-0.4, -0.2) is 65.1 Å². The molecule has 46 heavy (non-hydrogen) atoms. The number of alkyl halides is 2. The number of ketones is 1. The summed E-state index contributed by atoms with van der Waals surface area (Å²) in [7, 11) is 1.52. The molecule has 2 amide bonds. The Labute approximate surface area is 269 Å². The normalized spacial score (nSPS) is 30.7. The third kappa shape index (κ3) is 6.65. The van der Waals surface area contributed by atoms with Crippen molar-refractivity contribution in [2.75, 3.05) is 13.7 Å². The third-order valence-corrected chi connectivity index (χ3v) is 10.2. The zero-order valence-electron chi connectivity index (χ0n) is 28.0. The zero-order valence-corrected chi connectivity index (χ0v) is 28.0. The quantitative estimate of drug-likeness (QED) is 0.384. The lowest BCUT2D eigenvalue weighted by molar-refractivity contribution is -0.141. The number of hydrogen-bond acceptors (Lipinski definition) is 7. The van der Waals surface area contributed by atoms with Gasteiger partial charge in [0.2, 0.25) is 11.8 Å². The molecule has 9 nitrogen and oxygen atoms in total. The largest absolute Gasteiger partial charge is 0.497 e. The smallest absolute Gasteiger partial charge is 0.408 e. The Hall–Kier alpha value is -3.50. The van der Waals surface area contributed by atoms with E-state index in [4.69, 9.17) is 14.2 Å². The number of carbonyl (C=O) groups excluding carboxylic acids is 3. The number of nitrogens with one attached hydrogen (secondary N) is 1. The predicted molar refractivity (Wildman–Crippen MR) is 169 cm³/mol. The number of ether oxygens (including phenoxy) is 3. The molecule has 2 bridgehead atoms. The minimum absolute atomic E-state index is 0.00744. The lowest BCUT2D eigenvalue weighted by atomic mass is 9.85. The number of pyridine rings is 1. The second-order valence-corrected chi connectivity index (χ2v) is 14.6. The number of carbonyl (C=O) groups is 3. The minimum atomic E-state index is -3.26. The highest BCUT2D eigenvalue weighted by Crippen LogP contribution is 2.45. The lowest BCUT2D eigenvalue weighted by Gasteiger charge is -2.37. The number of benzene rings is 1. The van der Waals surface area contributed by atoms with Crippen LogP contribution in [0.1, 0.15) is 92.1 Å². The van der Waals surface area contributed by atoms with Crippen LogP contribution >= 0.6 is 0 Å². The molecular formula is C35H47F2N3O6. The fraction of sp³-hybridized carbons (Fsp3) is 0.657. The number of Topliss-reactive ketones (excluding diaryl/α,β-unsaturated/α-hetero) is 1. The summed E-state index contributed by atoms with van der Waals surface area (Å²) in [5.41, 5.74) is -1.40. The van der Waals surface area contributed by atoms with E-state index in [1.54, 1.807) is 25.1 Å². The summed E-state index contributed by atoms with van der Waals surface area (Å²) in [6, 6.07) is 4.57. The van der Waals surface area contributed by atoms with Crippen molar-refractivity contribution in [1.82, 2.24) is 15.2 Å². The van der Waals surface area contributed by atoms with E-state index in [1.807, 2.05) is 27.7 Å². The SMILES string of the molecule is COc1ccc2cc3c(nc2c1)O[C@H]1CN(C(=O)[C@H](C(C)(C)C)NC(=O)O[C@]2(C)CCC[C@H]2CCCCC3(F)F)[C@H](C(C)=O)[C@@H]1C. The number of alkyl carbamates (subject to hydrolysis) is 1. The van der Waals surface area contributed by atoms with Gasteiger partial charge in [-0.2, -0.15) is 0 Å². The lowest BCUT2D eigenvalue weighted by Crippen LogP contribution is -2.58. The Morgan fingerprint density at radius 1 is 1.11 bits per heavy atom. The van der Waals surface area contributed by atoms with Gasteiger partial charge in [-0.15, -0.1) is 0 Å². The van der Waals surface area contributed by atoms with Gasteiger partial charge in [0.05, 0.1) is 30.8 Å². The molecule has 1 saturated heterocycles. The Morgan fingerprint density at radius 3 is 2.50 bits per heavy atom. The van der Waals surface area contributed by atoms with Crippen molar-refractivity contribution in [3.05, 3.63) is 29.8 Å². The number of halogens is 2. The van der Waals surface area contributed by atoms with Crippen LogP contribution in [0.25, 0.3) is 10.9 Å². The van der Waals surface area contributed by atoms with Crippen LogP contribution in [0, 0.1) is 17.3 Å². The van der Waals surface area contributed by atoms with Gasteiger partial charge in [-0.1, -0.05) is 34.1 Å². The molecule has 3 heterocycles. The van der Waals surface area contributed by atoms with E-state index >= 15 is 8.78 Å². The average Bonchev–Trinajstić information content (AvgIpc) is 3.50. The molecule has 1 N–H and O–H groups in total. The number of rotatable bonds is 2. The number of aromatic nitrogens is 1. The first-order chi connectivity index (χ1) is 21.5. The highest BCUT2D eigenvalue weighted by molar-refractivity contribution is 5.92. The van der Waals surface area contributed by atoms with Crippen LogP contribution in [0.2, 0.25) is 0 Å². The minimum Gasteiger partial charge on any atom is -0.497 e. The van der Waals surface area contributed by atoms with Crippen LogP contribution in [0.4, 0.5) is 13.6 Å². The van der Waals surface area contributed by atoms with Gasteiger partial charge < -0.3 is 24.4 Å². The summed E-state index contributed by atoms with van der Waals surface area (Å²) in [4.78, 5) is 46.6. The Kier molecular flexibility index (Phi) is 9.27. The van der Waals surface area contributed by atoms with Gasteiger partial charge in [0, 0.05) is 23.8 Å². The standard InChI is InChI=1S/C35H47F2N3O6/c1-20-27-19-40(28(20)21(2)41)31(42)29(33(3,4)5)39-32(43)46-34(6)15-10-12-23(34)11-8-9-16-35(36,37)25-17-22-13-14-24(44-7)18-26(22)38-30(25)45-27/h13-14,17-18,20,23,27-29H,8-12,15-16,19H2,1-7H3,(H,39,43)/t20-,23-,27+,28+,29-,34-/m1/s1. The topological polar surface area (TPSA) is 107 Å². The molecule has 2 fully saturated rings. The maximum absolute atomic E-state index is 16.1. The first-order valence-electron chi connectivity index (χ1n) is 16.4. The van der Waals surface area contributed by atoms with Crippen molar-refractivity contribution in [3.8, 4) is 11.6 Å². The van der Waals surface area contributed by atoms with E-state index in [-0.39, 0.29) is 36.1 Å². The average molecular weight is 644 g/mol. The van der Waals surface area contributed by atoms with Crippen molar-refractivity contribution < 1.29 is 37.4 Å². The molecule has 0 spiro atoms. The summed E-state index contributed by atoms with van der Waals surface area (Å²) in [6.45, 7) is 10.5. The van der Waals surface area contributed by atoms with E-state index in [0.29, 0.717) is 35.9 Å². The number of amides is 2. The fourth-order valence-electron chi connectivity index (χ4n) is 7.51. The molecule has 0 radical (unpaired) electrons. The molecule has 3 aliphatic rings. The summed E-state index contributed by atoms with van der Waals surface area (Å²) >= 11 is 0. The van der Waals surface area contributed by atoms with Gasteiger partial charge in [0.25, 0.3) is 5.92 Å². The molecule has 6 atom stereocenters. The second kappa shape index (κ2) is 12.6. The molecule has 1 aromatic carbocycles. The van der Waals surface area contributed by atoms with Crippen molar-refractivity contribution in [3.63, 3.8) is 0 Å². The monoisotopic (exact) mass is 643 g/mol. The number of fused-ring (bicyclic) bond motifs is 5. The van der Waals surface area contributed by atoms with Gasteiger partial charge in [-0.05, 0) is 75.5 Å². The van der Waals surface area contributed by atoms with Gasteiger partial charge in [-0.3, -0.25) is 9.59 Å². The highest BCUT2D eigenvalue weighted by Gasteiger charge is 2.50. The molecule has 1 saturated carbocycles. The highest BCUT2D eigenvalue weighted by atomic mass is 19.3. The summed E-state index contributed by atoms with van der Waals surface area (Å²) in [5.74, 6) is -4.22. The van der Waals surface area contributed by atoms with Crippen LogP contribution in [0.3, 0.4) is 0 Å². The molecule has 252 valence electrons. The molecule has 1 aliphatic carbocycles. The summed E-state index contributed by atoms with van der Waals surface area (Å²) in [5, 5.41) is 3.35. The van der Waals surface area contributed by atoms with E-state index in [9.17, 15) is 14.4 Å². The Balaban J connectivity index is 1.60. The van der Waals surface area contributed by atoms with Crippen molar-refractivity contribution in [1.29, 1.82) is 0 Å². The molecular weight excluding hydrogens is 596 g/mol. The predicted octanol–water partition coefficient (Wildman–Crippen LogP) is 6.79. The summed E-state index contributed by atoms with van der Waals surface area (Å²) in [6.07, 6.45) is 1.84. The number of methoxy groups -OCH3 is 1. The Morgan fingerprint density at radius 2 is 1.83 bits per heavy atom. The van der Waals surface area contributed by atoms with Crippen LogP contribution in [0.5, 0.6) is 11.6 Å². The first kappa shape index (κ1) is 33.9. The van der Waals surface area contributed by atoms with Crippen LogP contribution < -0.4 is 14.8 Å². The third-order valence-electron chi connectivity index (χ3n) is 10.2. The molecule has 2 aromatic rings. The van der Waals surface area contributed by atoms with E-state index in [0.717, 1.165) is 12.8 Å². The van der Waals surface area contributed by atoms with E-state index in [2.05, 4.69) is 10.3 Å². The number of hydrogen-bond donors (Lipinski definition) is 1. The van der Waals surface area contributed by atoms with Gasteiger partial charge >= 0.3 is 6.09 Å². The van der Waals surface area contributed by atoms with Gasteiger partial charge in [0.1, 0.15) is 23.5 Å². The van der Waals surface area contributed by atoms with E-state index in [1.165, 1.54) is 25.0 Å². The van der Waals surface area contributed by atoms with Crippen molar-refractivity contribution in [2.45, 2.75) is 116 Å². The maximum atomic E-state index is 16.1. The fourth-order valence-corrected chi connectivity index (χ4v) is 7.51. The van der Waals surface area contributed by atoms with Gasteiger partial charge in [-0.25, -0.2) is 18.6 Å². The molecule has 0 unspecified atom stereocenters. The maximum Gasteiger partial charge on any atom is 0.408 e. The van der Waals surface area contributed by atoms with Crippen LogP contribution in [-0.2, 0) is 20.2 Å². The molecule has 1 aromatic heterocycles. The van der Waals surface area contributed by atoms with Crippen molar-refractivity contribution in [2.24, 2.45) is 17.3 Å². The summed E-state index contributed by atoms with van der Waals surface area (Å²) < 4.78 is 50.0. The first-order valence-corrected chi connectivity index (χ1v) is 16.4. The van der Waals surface area contributed by atoms with Crippen LogP contribution in [0.15, 0.2) is 24.3 Å². The molecule has 2 aliphatic heterocycles. The van der Waals surface area contributed by atoms with E-state index < -0.39 is 59.5 Å².